The number of pyridine rings is 1. The zero-order valence-corrected chi connectivity index (χ0v) is 12.4. The van der Waals surface area contributed by atoms with Gasteiger partial charge in [-0.25, -0.2) is 9.37 Å². The summed E-state index contributed by atoms with van der Waals surface area (Å²) in [7, 11) is 1.72. The third-order valence-electron chi connectivity index (χ3n) is 2.60. The van der Waals surface area contributed by atoms with Gasteiger partial charge in [0.05, 0.1) is 11.8 Å². The van der Waals surface area contributed by atoms with Crippen molar-refractivity contribution in [1.82, 2.24) is 9.88 Å². The first kappa shape index (κ1) is 15.8. The van der Waals surface area contributed by atoms with Crippen molar-refractivity contribution in [3.8, 4) is 0 Å². The summed E-state index contributed by atoms with van der Waals surface area (Å²) in [6, 6.07) is 1.24. The highest BCUT2D eigenvalue weighted by Gasteiger charge is 2.17. The summed E-state index contributed by atoms with van der Waals surface area (Å²) in [5.41, 5.74) is 0.289. The van der Waals surface area contributed by atoms with Crippen LogP contribution in [0.4, 0.5) is 10.2 Å². The van der Waals surface area contributed by atoms with E-state index in [4.69, 9.17) is 0 Å². The van der Waals surface area contributed by atoms with Gasteiger partial charge < -0.3 is 10.2 Å². The smallest absolute Gasteiger partial charge is 0.257 e. The Morgan fingerprint density at radius 1 is 1.58 bits per heavy atom. The van der Waals surface area contributed by atoms with Crippen LogP contribution >= 0.6 is 11.8 Å². The predicted octanol–water partition coefficient (Wildman–Crippen LogP) is 2.48. The molecule has 19 heavy (non-hydrogen) atoms. The van der Waals surface area contributed by atoms with Gasteiger partial charge in [-0.3, -0.25) is 4.79 Å². The minimum Gasteiger partial charge on any atom is -0.369 e. The third-order valence-corrected chi connectivity index (χ3v) is 3.20. The van der Waals surface area contributed by atoms with E-state index in [0.29, 0.717) is 18.9 Å². The standard InChI is InChI=1S/C13H20FN3OS/c1-4-5-15-12-11(8-10(14)9-16-12)13(18)17(2)6-7-19-3/h8-9H,4-7H2,1-3H3,(H,15,16). The number of aromatic nitrogens is 1. The zero-order chi connectivity index (χ0) is 14.3. The number of hydrogen-bond acceptors (Lipinski definition) is 4. The number of carbonyl (C=O) groups excluding carboxylic acids is 1. The molecule has 0 unspecified atom stereocenters. The molecular weight excluding hydrogens is 265 g/mol. The monoisotopic (exact) mass is 285 g/mol. The van der Waals surface area contributed by atoms with Crippen LogP contribution in [-0.2, 0) is 0 Å². The van der Waals surface area contributed by atoms with Gasteiger partial charge in [0.25, 0.3) is 5.91 Å². The number of hydrogen-bond donors (Lipinski definition) is 1. The van der Waals surface area contributed by atoms with Crippen molar-refractivity contribution < 1.29 is 9.18 Å². The minimum absolute atomic E-state index is 0.209. The summed E-state index contributed by atoms with van der Waals surface area (Å²) in [5.74, 6) is 0.593. The Morgan fingerprint density at radius 2 is 2.32 bits per heavy atom. The van der Waals surface area contributed by atoms with Crippen molar-refractivity contribution in [2.45, 2.75) is 13.3 Å². The lowest BCUT2D eigenvalue weighted by molar-refractivity contribution is 0.0804. The second-order valence-electron chi connectivity index (χ2n) is 4.20. The molecule has 0 saturated carbocycles. The van der Waals surface area contributed by atoms with E-state index in [1.54, 1.807) is 23.7 Å². The SMILES string of the molecule is CCCNc1ncc(F)cc1C(=O)N(C)CCSC. The van der Waals surface area contributed by atoms with Crippen LogP contribution < -0.4 is 5.32 Å². The van der Waals surface area contributed by atoms with Crippen LogP contribution in [0.3, 0.4) is 0 Å². The number of anilines is 1. The summed E-state index contributed by atoms with van der Waals surface area (Å²) in [6.07, 6.45) is 4.02. The lowest BCUT2D eigenvalue weighted by atomic mass is 10.2. The van der Waals surface area contributed by atoms with E-state index in [1.807, 2.05) is 13.2 Å². The number of thioether (sulfide) groups is 1. The van der Waals surface area contributed by atoms with Gasteiger partial charge in [-0.15, -0.1) is 0 Å². The highest BCUT2D eigenvalue weighted by atomic mass is 32.2. The molecule has 0 bridgehead atoms. The van der Waals surface area contributed by atoms with Crippen LogP contribution in [-0.4, -0.2) is 47.9 Å². The van der Waals surface area contributed by atoms with E-state index in [2.05, 4.69) is 10.3 Å². The molecule has 0 fully saturated rings. The normalized spacial score (nSPS) is 10.3. The molecule has 6 heteroatoms. The first-order valence-electron chi connectivity index (χ1n) is 6.24. The molecule has 0 aliphatic rings. The quantitative estimate of drug-likeness (QED) is 0.836. The van der Waals surface area contributed by atoms with E-state index >= 15 is 0 Å². The molecule has 0 aromatic carbocycles. The van der Waals surface area contributed by atoms with E-state index in [1.165, 1.54) is 6.07 Å². The second kappa shape index (κ2) is 7.99. The Balaban J connectivity index is 2.89. The van der Waals surface area contributed by atoms with Crippen molar-refractivity contribution >= 4 is 23.5 Å². The van der Waals surface area contributed by atoms with Crippen LogP contribution in [0.15, 0.2) is 12.3 Å². The van der Waals surface area contributed by atoms with Crippen molar-refractivity contribution in [1.29, 1.82) is 0 Å². The number of carbonyl (C=O) groups is 1. The molecular formula is C13H20FN3OS. The summed E-state index contributed by atoms with van der Waals surface area (Å²) in [5, 5.41) is 3.05. The Kier molecular flexibility index (Phi) is 6.62. The lowest BCUT2D eigenvalue weighted by Gasteiger charge is -2.18. The zero-order valence-electron chi connectivity index (χ0n) is 11.6. The van der Waals surface area contributed by atoms with Gasteiger partial charge in [-0.2, -0.15) is 11.8 Å². The maximum Gasteiger partial charge on any atom is 0.257 e. The van der Waals surface area contributed by atoms with Crippen LogP contribution in [0.2, 0.25) is 0 Å². The molecule has 0 spiro atoms. The molecule has 0 saturated heterocycles. The fourth-order valence-corrected chi connectivity index (χ4v) is 1.98. The van der Waals surface area contributed by atoms with Gasteiger partial charge in [-0.05, 0) is 18.7 Å². The number of amides is 1. The summed E-state index contributed by atoms with van der Waals surface area (Å²) in [6.45, 7) is 3.35. The molecule has 1 amide bonds. The summed E-state index contributed by atoms with van der Waals surface area (Å²) in [4.78, 5) is 17.8. The molecule has 0 aliphatic carbocycles. The van der Waals surface area contributed by atoms with Crippen molar-refractivity contribution in [2.75, 3.05) is 37.5 Å². The lowest BCUT2D eigenvalue weighted by Crippen LogP contribution is -2.30. The van der Waals surface area contributed by atoms with Gasteiger partial charge in [0.2, 0.25) is 0 Å². The maximum absolute atomic E-state index is 13.3. The van der Waals surface area contributed by atoms with E-state index in [9.17, 15) is 9.18 Å². The highest BCUT2D eigenvalue weighted by Crippen LogP contribution is 2.16. The maximum atomic E-state index is 13.3. The van der Waals surface area contributed by atoms with Crippen molar-refractivity contribution in [3.63, 3.8) is 0 Å². The molecule has 4 nitrogen and oxygen atoms in total. The van der Waals surface area contributed by atoms with Crippen LogP contribution in [0, 0.1) is 5.82 Å². The van der Waals surface area contributed by atoms with Crippen molar-refractivity contribution in [2.24, 2.45) is 0 Å². The molecule has 1 rings (SSSR count). The van der Waals surface area contributed by atoms with Gasteiger partial charge in [0, 0.05) is 25.9 Å². The summed E-state index contributed by atoms with van der Waals surface area (Å²) >= 11 is 1.66. The average molecular weight is 285 g/mol. The minimum atomic E-state index is -0.497. The fourth-order valence-electron chi connectivity index (χ4n) is 1.52. The third kappa shape index (κ3) is 4.70. The molecule has 1 N–H and O–H groups in total. The summed E-state index contributed by atoms with van der Waals surface area (Å²) < 4.78 is 13.3. The van der Waals surface area contributed by atoms with Crippen molar-refractivity contribution in [3.05, 3.63) is 23.6 Å². The molecule has 1 heterocycles. The predicted molar refractivity (Wildman–Crippen MR) is 78.3 cm³/mol. The number of rotatable bonds is 7. The Hall–Kier alpha value is -1.30. The van der Waals surface area contributed by atoms with Crippen LogP contribution in [0.5, 0.6) is 0 Å². The van der Waals surface area contributed by atoms with E-state index in [-0.39, 0.29) is 11.5 Å². The molecule has 1 aromatic heterocycles. The van der Waals surface area contributed by atoms with E-state index in [0.717, 1.165) is 18.4 Å². The first-order chi connectivity index (χ1) is 9.10. The average Bonchev–Trinajstić information content (AvgIpc) is 2.42. The Labute approximate surface area is 117 Å². The number of nitrogens with zero attached hydrogens (tertiary/aromatic N) is 2. The van der Waals surface area contributed by atoms with E-state index < -0.39 is 5.82 Å². The van der Waals surface area contributed by atoms with Gasteiger partial charge in [0.15, 0.2) is 0 Å². The fraction of sp³-hybridized carbons (Fsp3) is 0.538. The van der Waals surface area contributed by atoms with Gasteiger partial charge in [-0.1, -0.05) is 6.92 Å². The van der Waals surface area contributed by atoms with Gasteiger partial charge >= 0.3 is 0 Å². The molecule has 0 radical (unpaired) electrons. The number of nitrogens with one attached hydrogen (secondary N) is 1. The molecule has 106 valence electrons. The Morgan fingerprint density at radius 3 is 2.95 bits per heavy atom. The highest BCUT2D eigenvalue weighted by molar-refractivity contribution is 7.98. The molecule has 1 aromatic rings. The van der Waals surface area contributed by atoms with Crippen LogP contribution in [0.1, 0.15) is 23.7 Å². The second-order valence-corrected chi connectivity index (χ2v) is 5.18. The topological polar surface area (TPSA) is 45.2 Å². The largest absolute Gasteiger partial charge is 0.369 e. The first-order valence-corrected chi connectivity index (χ1v) is 7.63. The molecule has 0 aliphatic heterocycles. The van der Waals surface area contributed by atoms with Crippen LogP contribution in [0.25, 0.3) is 0 Å². The Bertz CT molecular complexity index is 428. The number of halogens is 1. The molecule has 0 atom stereocenters. The van der Waals surface area contributed by atoms with Gasteiger partial charge in [0.1, 0.15) is 11.6 Å².